The third kappa shape index (κ3) is 2.35. The van der Waals surface area contributed by atoms with E-state index in [9.17, 15) is 4.79 Å². The van der Waals surface area contributed by atoms with Crippen molar-refractivity contribution in [1.82, 2.24) is 0 Å². The topological polar surface area (TPSA) is 17.1 Å². The molecule has 0 radical (unpaired) electrons. The van der Waals surface area contributed by atoms with Crippen molar-refractivity contribution in [2.75, 3.05) is 0 Å². The second-order valence-electron chi connectivity index (χ2n) is 2.60. The summed E-state index contributed by atoms with van der Waals surface area (Å²) in [4.78, 5) is 10.5. The molecule has 0 atom stereocenters. The lowest BCUT2D eigenvalue weighted by molar-refractivity contribution is -0.104. The molecular formula is C11H12O. The van der Waals surface area contributed by atoms with E-state index < -0.39 is 0 Å². The van der Waals surface area contributed by atoms with Gasteiger partial charge in [-0.05, 0) is 23.6 Å². The predicted octanol–water partition coefficient (Wildman–Crippen LogP) is 2.68. The molecule has 0 heterocycles. The molecule has 1 heteroatoms. The van der Waals surface area contributed by atoms with E-state index in [0.717, 1.165) is 23.8 Å². The first kappa shape index (κ1) is 8.72. The maximum atomic E-state index is 10.5. The maximum absolute atomic E-state index is 10.5. The van der Waals surface area contributed by atoms with E-state index in [1.165, 1.54) is 0 Å². The van der Waals surface area contributed by atoms with Crippen LogP contribution < -0.4 is 0 Å². The zero-order chi connectivity index (χ0) is 8.81. The van der Waals surface area contributed by atoms with Crippen LogP contribution in [-0.2, 0) is 4.79 Å². The summed E-state index contributed by atoms with van der Waals surface area (Å²) in [6, 6.07) is 9.86. The van der Waals surface area contributed by atoms with Crippen molar-refractivity contribution < 1.29 is 4.79 Å². The van der Waals surface area contributed by atoms with Crippen LogP contribution in [-0.4, -0.2) is 6.29 Å². The van der Waals surface area contributed by atoms with E-state index in [2.05, 4.69) is 0 Å². The van der Waals surface area contributed by atoms with Crippen LogP contribution in [0.2, 0.25) is 0 Å². The Morgan fingerprint density at radius 2 is 2.00 bits per heavy atom. The molecule has 0 spiro atoms. The van der Waals surface area contributed by atoms with Gasteiger partial charge in [0.15, 0.2) is 0 Å². The summed E-state index contributed by atoms with van der Waals surface area (Å²) in [5.74, 6) is 0. The van der Waals surface area contributed by atoms with Crippen molar-refractivity contribution in [3.05, 3.63) is 41.5 Å². The average molecular weight is 160 g/mol. The fourth-order valence-electron chi connectivity index (χ4n) is 0.983. The minimum Gasteiger partial charge on any atom is -0.298 e. The molecule has 0 saturated heterocycles. The SMILES string of the molecule is CC/C(C=O)=C/c1ccccc1. The van der Waals surface area contributed by atoms with Gasteiger partial charge in [0.05, 0.1) is 0 Å². The van der Waals surface area contributed by atoms with Crippen molar-refractivity contribution in [1.29, 1.82) is 0 Å². The molecule has 0 aliphatic rings. The predicted molar refractivity (Wildman–Crippen MR) is 50.8 cm³/mol. The minimum atomic E-state index is 0.790. The van der Waals surface area contributed by atoms with Gasteiger partial charge >= 0.3 is 0 Å². The van der Waals surface area contributed by atoms with Gasteiger partial charge in [-0.3, -0.25) is 4.79 Å². The van der Waals surface area contributed by atoms with Crippen LogP contribution in [0.4, 0.5) is 0 Å². The molecule has 0 unspecified atom stereocenters. The van der Waals surface area contributed by atoms with E-state index >= 15 is 0 Å². The standard InChI is InChI=1S/C11H12O/c1-2-10(9-12)8-11-6-4-3-5-7-11/h3-9H,2H2,1H3/b10-8-. The quantitative estimate of drug-likeness (QED) is 0.490. The molecule has 0 aromatic heterocycles. The van der Waals surface area contributed by atoms with Gasteiger partial charge in [-0.15, -0.1) is 0 Å². The largest absolute Gasteiger partial charge is 0.298 e. The van der Waals surface area contributed by atoms with Crippen LogP contribution in [0.3, 0.4) is 0 Å². The Labute approximate surface area is 72.7 Å². The Morgan fingerprint density at radius 3 is 2.50 bits per heavy atom. The van der Waals surface area contributed by atoms with Gasteiger partial charge in [-0.1, -0.05) is 37.3 Å². The lowest BCUT2D eigenvalue weighted by Crippen LogP contribution is -1.81. The molecule has 0 amide bonds. The normalized spacial score (nSPS) is 11.2. The van der Waals surface area contributed by atoms with Gasteiger partial charge in [0.2, 0.25) is 0 Å². The van der Waals surface area contributed by atoms with Gasteiger partial charge in [-0.2, -0.15) is 0 Å². The second kappa shape index (κ2) is 4.50. The molecule has 0 bridgehead atoms. The molecule has 62 valence electrons. The highest BCUT2D eigenvalue weighted by Crippen LogP contribution is 2.06. The zero-order valence-corrected chi connectivity index (χ0v) is 7.16. The summed E-state index contributed by atoms with van der Waals surface area (Å²) in [5, 5.41) is 0. The van der Waals surface area contributed by atoms with E-state index in [0.29, 0.717) is 0 Å². The Morgan fingerprint density at radius 1 is 1.33 bits per heavy atom. The monoisotopic (exact) mass is 160 g/mol. The molecule has 1 aromatic rings. The fraction of sp³-hybridized carbons (Fsp3) is 0.182. The highest BCUT2D eigenvalue weighted by molar-refractivity contribution is 5.81. The molecule has 1 nitrogen and oxygen atoms in total. The summed E-state index contributed by atoms with van der Waals surface area (Å²) < 4.78 is 0. The third-order valence-corrected chi connectivity index (χ3v) is 1.71. The van der Waals surface area contributed by atoms with Gasteiger partial charge < -0.3 is 0 Å². The molecule has 0 aliphatic heterocycles. The van der Waals surface area contributed by atoms with E-state index in [4.69, 9.17) is 0 Å². The summed E-state index contributed by atoms with van der Waals surface area (Å²) in [6.45, 7) is 1.98. The Kier molecular flexibility index (Phi) is 3.27. The lowest BCUT2D eigenvalue weighted by Gasteiger charge is -1.94. The van der Waals surface area contributed by atoms with Crippen LogP contribution in [0, 0.1) is 0 Å². The highest BCUT2D eigenvalue weighted by atomic mass is 16.1. The van der Waals surface area contributed by atoms with Crippen molar-refractivity contribution in [2.24, 2.45) is 0 Å². The maximum Gasteiger partial charge on any atom is 0.146 e. The van der Waals surface area contributed by atoms with E-state index in [1.807, 2.05) is 43.3 Å². The lowest BCUT2D eigenvalue weighted by atomic mass is 10.1. The molecule has 1 aromatic carbocycles. The number of hydrogen-bond acceptors (Lipinski definition) is 1. The van der Waals surface area contributed by atoms with Gasteiger partial charge in [0, 0.05) is 0 Å². The fourth-order valence-corrected chi connectivity index (χ4v) is 0.983. The average Bonchev–Trinajstić information content (AvgIpc) is 2.16. The number of rotatable bonds is 3. The number of benzene rings is 1. The van der Waals surface area contributed by atoms with Crippen molar-refractivity contribution in [2.45, 2.75) is 13.3 Å². The molecule has 0 saturated carbocycles. The van der Waals surface area contributed by atoms with Crippen molar-refractivity contribution in [3.63, 3.8) is 0 Å². The summed E-state index contributed by atoms with van der Waals surface area (Å²) >= 11 is 0. The first-order valence-electron chi connectivity index (χ1n) is 4.07. The number of allylic oxidation sites excluding steroid dienone is 1. The summed E-state index contributed by atoms with van der Waals surface area (Å²) in [6.07, 6.45) is 3.61. The highest BCUT2D eigenvalue weighted by Gasteiger charge is 1.90. The van der Waals surface area contributed by atoms with Crippen LogP contribution in [0.5, 0.6) is 0 Å². The summed E-state index contributed by atoms with van der Waals surface area (Å²) in [7, 11) is 0. The van der Waals surface area contributed by atoms with Gasteiger partial charge in [0.1, 0.15) is 6.29 Å². The minimum absolute atomic E-state index is 0.790. The number of hydrogen-bond donors (Lipinski definition) is 0. The molecule has 0 fully saturated rings. The smallest absolute Gasteiger partial charge is 0.146 e. The first-order valence-corrected chi connectivity index (χ1v) is 4.07. The van der Waals surface area contributed by atoms with E-state index in [-0.39, 0.29) is 0 Å². The number of carbonyl (C=O) groups excluding carboxylic acids is 1. The Hall–Kier alpha value is -1.37. The van der Waals surface area contributed by atoms with Crippen LogP contribution in [0.15, 0.2) is 35.9 Å². The number of carbonyl (C=O) groups is 1. The van der Waals surface area contributed by atoms with Crippen molar-refractivity contribution >= 4 is 12.4 Å². The van der Waals surface area contributed by atoms with Crippen LogP contribution in [0.1, 0.15) is 18.9 Å². The molecule has 12 heavy (non-hydrogen) atoms. The third-order valence-electron chi connectivity index (χ3n) is 1.71. The molecule has 1 rings (SSSR count). The number of aldehydes is 1. The van der Waals surface area contributed by atoms with E-state index in [1.54, 1.807) is 0 Å². The molecular weight excluding hydrogens is 148 g/mol. The van der Waals surface area contributed by atoms with Crippen LogP contribution in [0.25, 0.3) is 6.08 Å². The zero-order valence-electron chi connectivity index (χ0n) is 7.16. The second-order valence-corrected chi connectivity index (χ2v) is 2.60. The molecule has 0 N–H and O–H groups in total. The van der Waals surface area contributed by atoms with Crippen LogP contribution >= 0.6 is 0 Å². The van der Waals surface area contributed by atoms with Gasteiger partial charge in [0.25, 0.3) is 0 Å². The van der Waals surface area contributed by atoms with Crippen molar-refractivity contribution in [3.8, 4) is 0 Å². The summed E-state index contributed by atoms with van der Waals surface area (Å²) in [5.41, 5.74) is 1.92. The molecule has 0 aliphatic carbocycles. The van der Waals surface area contributed by atoms with Gasteiger partial charge in [-0.25, -0.2) is 0 Å². The Balaban J connectivity index is 2.86. The first-order chi connectivity index (χ1) is 5.86. The Bertz CT molecular complexity index is 272.